The normalized spacial score (nSPS) is 12.4. The minimum atomic E-state index is -2.98. The monoisotopic (exact) mass is 284 g/mol. The van der Waals surface area contributed by atoms with Crippen LogP contribution in [-0.2, 0) is 15.3 Å². The number of hydrogen-bond donors (Lipinski definition) is 0. The van der Waals surface area contributed by atoms with Crippen molar-refractivity contribution in [2.45, 2.75) is 39.5 Å². The largest absolute Gasteiger partial charge is 0.492 e. The molecule has 0 radical (unpaired) electrons. The average molecular weight is 284 g/mol. The van der Waals surface area contributed by atoms with Crippen LogP contribution in [0.25, 0.3) is 0 Å². The van der Waals surface area contributed by atoms with Crippen molar-refractivity contribution >= 4 is 9.84 Å². The lowest BCUT2D eigenvalue weighted by atomic mass is 9.86. The van der Waals surface area contributed by atoms with E-state index < -0.39 is 9.84 Å². The highest BCUT2D eigenvalue weighted by atomic mass is 32.2. The Morgan fingerprint density at radius 1 is 1.11 bits per heavy atom. The molecule has 1 rings (SSSR count). The molecule has 0 aliphatic carbocycles. The average Bonchev–Trinajstić information content (AvgIpc) is 2.28. The van der Waals surface area contributed by atoms with Gasteiger partial charge in [0.15, 0.2) is 9.84 Å². The summed E-state index contributed by atoms with van der Waals surface area (Å²) < 4.78 is 28.9. The third-order valence-electron chi connectivity index (χ3n) is 2.86. The van der Waals surface area contributed by atoms with Gasteiger partial charge in [-0.3, -0.25) is 0 Å². The quantitative estimate of drug-likeness (QED) is 0.805. The van der Waals surface area contributed by atoms with Gasteiger partial charge >= 0.3 is 0 Å². The predicted octanol–water partition coefficient (Wildman–Crippen LogP) is 3.19. The van der Waals surface area contributed by atoms with Gasteiger partial charge in [0.05, 0.1) is 11.5 Å². The topological polar surface area (TPSA) is 43.4 Å². The Balaban J connectivity index is 2.69. The highest BCUT2D eigenvalue weighted by Crippen LogP contribution is 2.30. The molecule has 1 aromatic rings. The van der Waals surface area contributed by atoms with Crippen LogP contribution >= 0.6 is 0 Å². The van der Waals surface area contributed by atoms with Crippen LogP contribution in [0.5, 0.6) is 5.75 Å². The zero-order chi connectivity index (χ0) is 14.5. The van der Waals surface area contributed by atoms with Crippen molar-refractivity contribution in [3.05, 3.63) is 29.8 Å². The Hall–Kier alpha value is -1.03. The fraction of sp³-hybridized carbons (Fsp3) is 0.600. The molecule has 0 aliphatic rings. The van der Waals surface area contributed by atoms with Crippen molar-refractivity contribution in [3.8, 4) is 5.75 Å². The third-order valence-corrected chi connectivity index (χ3v) is 4.68. The summed E-state index contributed by atoms with van der Waals surface area (Å²) in [5, 5.41) is 0. The molecule has 1 aromatic carbocycles. The van der Waals surface area contributed by atoms with Crippen molar-refractivity contribution in [1.29, 1.82) is 0 Å². The van der Waals surface area contributed by atoms with Gasteiger partial charge in [0.1, 0.15) is 12.4 Å². The first-order valence-electron chi connectivity index (χ1n) is 6.69. The Morgan fingerprint density at radius 3 is 2.32 bits per heavy atom. The van der Waals surface area contributed by atoms with E-state index in [1.165, 1.54) is 0 Å². The van der Waals surface area contributed by atoms with E-state index in [2.05, 4.69) is 20.8 Å². The zero-order valence-electron chi connectivity index (χ0n) is 12.3. The molecule has 108 valence electrons. The zero-order valence-corrected chi connectivity index (χ0v) is 13.1. The Morgan fingerprint density at radius 2 is 1.74 bits per heavy atom. The maximum Gasteiger partial charge on any atom is 0.153 e. The molecule has 0 atom stereocenters. The highest BCUT2D eigenvalue weighted by Gasteiger charge is 2.18. The Kier molecular flexibility index (Phi) is 5.41. The second-order valence-electron chi connectivity index (χ2n) is 5.75. The van der Waals surface area contributed by atoms with Crippen molar-refractivity contribution < 1.29 is 13.2 Å². The van der Waals surface area contributed by atoms with Crippen LogP contribution in [0.2, 0.25) is 0 Å². The molecular formula is C15H24O3S. The molecule has 3 nitrogen and oxygen atoms in total. The molecule has 0 saturated heterocycles. The van der Waals surface area contributed by atoms with Crippen molar-refractivity contribution in [1.82, 2.24) is 0 Å². The molecule has 0 fully saturated rings. The number of ether oxygens (including phenoxy) is 1. The van der Waals surface area contributed by atoms with E-state index in [0.29, 0.717) is 6.42 Å². The second-order valence-corrected chi connectivity index (χ2v) is 8.05. The molecule has 0 spiro atoms. The van der Waals surface area contributed by atoms with Gasteiger partial charge in [0.2, 0.25) is 0 Å². The van der Waals surface area contributed by atoms with Gasteiger partial charge < -0.3 is 4.74 Å². The minimum absolute atomic E-state index is 0.0150. The Bertz CT molecular complexity index is 498. The van der Waals surface area contributed by atoms with Gasteiger partial charge in [0.25, 0.3) is 0 Å². The SMILES string of the molecule is CCCS(=O)(=O)CCOc1ccccc1C(C)(C)C. The third kappa shape index (κ3) is 5.23. The molecule has 0 amide bonds. The van der Waals surface area contributed by atoms with E-state index in [-0.39, 0.29) is 23.5 Å². The maximum absolute atomic E-state index is 11.6. The molecule has 0 N–H and O–H groups in total. The molecule has 0 saturated carbocycles. The Labute approximate surface area is 116 Å². The van der Waals surface area contributed by atoms with E-state index in [1.807, 2.05) is 31.2 Å². The van der Waals surface area contributed by atoms with E-state index in [0.717, 1.165) is 11.3 Å². The molecule has 0 aliphatic heterocycles. The van der Waals surface area contributed by atoms with Crippen LogP contribution in [0.3, 0.4) is 0 Å². The lowest BCUT2D eigenvalue weighted by molar-refractivity contribution is 0.330. The van der Waals surface area contributed by atoms with Crippen LogP contribution in [0.15, 0.2) is 24.3 Å². The van der Waals surface area contributed by atoms with Gasteiger partial charge in [-0.15, -0.1) is 0 Å². The molecule has 19 heavy (non-hydrogen) atoms. The summed E-state index contributed by atoms with van der Waals surface area (Å²) in [6.07, 6.45) is 0.654. The first kappa shape index (κ1) is 16.0. The van der Waals surface area contributed by atoms with Crippen LogP contribution in [0.1, 0.15) is 39.7 Å². The number of sulfone groups is 1. The lowest BCUT2D eigenvalue weighted by Crippen LogP contribution is -2.19. The van der Waals surface area contributed by atoms with Crippen LogP contribution in [-0.4, -0.2) is 26.5 Å². The first-order valence-corrected chi connectivity index (χ1v) is 8.51. The lowest BCUT2D eigenvalue weighted by Gasteiger charge is -2.22. The van der Waals surface area contributed by atoms with E-state index in [4.69, 9.17) is 4.74 Å². The minimum Gasteiger partial charge on any atom is -0.492 e. The predicted molar refractivity (Wildman–Crippen MR) is 79.6 cm³/mol. The number of rotatable bonds is 6. The fourth-order valence-electron chi connectivity index (χ4n) is 1.90. The summed E-state index contributed by atoms with van der Waals surface area (Å²) in [4.78, 5) is 0. The summed E-state index contributed by atoms with van der Waals surface area (Å²) in [6.45, 7) is 8.43. The molecule has 0 bridgehead atoms. The summed E-state index contributed by atoms with van der Waals surface area (Å²) in [5.74, 6) is 1.10. The van der Waals surface area contributed by atoms with Crippen LogP contribution < -0.4 is 4.74 Å². The summed E-state index contributed by atoms with van der Waals surface area (Å²) in [7, 11) is -2.98. The van der Waals surface area contributed by atoms with Gasteiger partial charge in [-0.05, 0) is 23.5 Å². The molecule has 0 unspecified atom stereocenters. The molecule has 0 heterocycles. The second kappa shape index (κ2) is 6.42. The fourth-order valence-corrected chi connectivity index (χ4v) is 3.07. The number of benzene rings is 1. The summed E-state index contributed by atoms with van der Waals surface area (Å²) >= 11 is 0. The van der Waals surface area contributed by atoms with E-state index >= 15 is 0 Å². The molecular weight excluding hydrogens is 260 g/mol. The van der Waals surface area contributed by atoms with Crippen LogP contribution in [0.4, 0.5) is 0 Å². The van der Waals surface area contributed by atoms with Gasteiger partial charge in [-0.2, -0.15) is 0 Å². The number of para-hydroxylation sites is 1. The van der Waals surface area contributed by atoms with Crippen molar-refractivity contribution in [3.63, 3.8) is 0 Å². The summed E-state index contributed by atoms with van der Waals surface area (Å²) in [6, 6.07) is 7.80. The molecule has 4 heteroatoms. The number of hydrogen-bond acceptors (Lipinski definition) is 3. The van der Waals surface area contributed by atoms with Gasteiger partial charge in [-0.1, -0.05) is 45.9 Å². The van der Waals surface area contributed by atoms with Gasteiger partial charge in [0, 0.05) is 0 Å². The van der Waals surface area contributed by atoms with Crippen molar-refractivity contribution in [2.24, 2.45) is 0 Å². The standard InChI is InChI=1S/C15H24O3S/c1-5-11-19(16,17)12-10-18-14-9-7-6-8-13(14)15(2,3)4/h6-9H,5,10-12H2,1-4H3. The van der Waals surface area contributed by atoms with Crippen molar-refractivity contribution in [2.75, 3.05) is 18.1 Å². The van der Waals surface area contributed by atoms with E-state index in [1.54, 1.807) is 0 Å². The highest BCUT2D eigenvalue weighted by molar-refractivity contribution is 7.91. The van der Waals surface area contributed by atoms with Gasteiger partial charge in [-0.25, -0.2) is 8.42 Å². The maximum atomic E-state index is 11.6. The van der Waals surface area contributed by atoms with E-state index in [9.17, 15) is 8.42 Å². The summed E-state index contributed by atoms with van der Waals surface area (Å²) in [5.41, 5.74) is 1.08. The smallest absolute Gasteiger partial charge is 0.153 e. The van der Waals surface area contributed by atoms with Crippen LogP contribution in [0, 0.1) is 0 Å². The first-order chi connectivity index (χ1) is 8.76. The molecule has 0 aromatic heterocycles.